The molecular formula is C25H27N3O5. The summed E-state index contributed by atoms with van der Waals surface area (Å²) in [7, 11) is 6.79. The van der Waals surface area contributed by atoms with E-state index < -0.39 is 17.7 Å². The predicted molar refractivity (Wildman–Crippen MR) is 125 cm³/mol. The number of nitrogens with one attached hydrogen (secondary N) is 1. The van der Waals surface area contributed by atoms with Gasteiger partial charge >= 0.3 is 0 Å². The molecule has 172 valence electrons. The molecule has 8 nitrogen and oxygen atoms in total. The van der Waals surface area contributed by atoms with Gasteiger partial charge in [0.2, 0.25) is 0 Å². The highest BCUT2D eigenvalue weighted by molar-refractivity contribution is 6.46. The number of methoxy groups -OCH3 is 2. The summed E-state index contributed by atoms with van der Waals surface area (Å²) in [6.45, 7) is 0.891. The van der Waals surface area contributed by atoms with Gasteiger partial charge < -0.3 is 29.4 Å². The van der Waals surface area contributed by atoms with Crippen LogP contribution in [0.3, 0.4) is 0 Å². The van der Waals surface area contributed by atoms with Crippen molar-refractivity contribution in [3.05, 3.63) is 65.4 Å². The number of aliphatic hydroxyl groups excluding tert-OH is 1. The molecule has 0 radical (unpaired) electrons. The number of fused-ring (bicyclic) bond motifs is 1. The van der Waals surface area contributed by atoms with Crippen molar-refractivity contribution < 1.29 is 24.2 Å². The Morgan fingerprint density at radius 2 is 1.88 bits per heavy atom. The molecule has 33 heavy (non-hydrogen) atoms. The number of ether oxygens (including phenoxy) is 2. The highest BCUT2D eigenvalue weighted by Gasteiger charge is 2.47. The summed E-state index contributed by atoms with van der Waals surface area (Å²) in [5.74, 6) is -0.818. The lowest BCUT2D eigenvalue weighted by atomic mass is 9.94. The average Bonchev–Trinajstić information content (AvgIpc) is 3.35. The molecule has 1 unspecified atom stereocenters. The molecule has 1 aromatic heterocycles. The van der Waals surface area contributed by atoms with Crippen LogP contribution in [0.1, 0.15) is 17.2 Å². The van der Waals surface area contributed by atoms with E-state index in [0.717, 1.165) is 16.5 Å². The van der Waals surface area contributed by atoms with E-state index in [2.05, 4.69) is 4.98 Å². The Hall–Kier alpha value is -3.78. The molecule has 8 heteroatoms. The first kappa shape index (κ1) is 22.4. The Kier molecular flexibility index (Phi) is 6.11. The Labute approximate surface area is 192 Å². The van der Waals surface area contributed by atoms with Gasteiger partial charge in [-0.15, -0.1) is 0 Å². The lowest BCUT2D eigenvalue weighted by molar-refractivity contribution is -0.140. The zero-order valence-electron chi connectivity index (χ0n) is 19.1. The Balaban J connectivity index is 1.95. The van der Waals surface area contributed by atoms with E-state index in [0.29, 0.717) is 24.6 Å². The van der Waals surface area contributed by atoms with E-state index in [4.69, 9.17) is 9.47 Å². The summed E-state index contributed by atoms with van der Waals surface area (Å²) in [5.41, 5.74) is 1.93. The number of Topliss-reactive ketones (excluding diaryl/α,β-unsaturated/α-hetero) is 1. The number of aromatic amines is 1. The van der Waals surface area contributed by atoms with E-state index in [1.54, 1.807) is 24.4 Å². The van der Waals surface area contributed by atoms with E-state index >= 15 is 0 Å². The minimum Gasteiger partial charge on any atom is -0.507 e. The first-order valence-electron chi connectivity index (χ1n) is 10.6. The minimum absolute atomic E-state index is 0.0232. The standard InChI is InChI=1S/C25H27N3O5/c1-27(2)11-12-28-22(18-14-26-19-8-6-5-7-16(18)19)21(24(30)25(28)31)23(29)17-13-15(32-3)9-10-20(17)33-4/h5-10,13-14,22,26,29H,11-12H2,1-4H3/b23-21+. The van der Waals surface area contributed by atoms with Crippen LogP contribution < -0.4 is 9.47 Å². The van der Waals surface area contributed by atoms with Crippen molar-refractivity contribution in [1.82, 2.24) is 14.8 Å². The quantitative estimate of drug-likeness (QED) is 0.327. The molecule has 0 bridgehead atoms. The van der Waals surface area contributed by atoms with Crippen molar-refractivity contribution in [2.75, 3.05) is 41.4 Å². The Bertz CT molecular complexity index is 1240. The monoisotopic (exact) mass is 449 g/mol. The van der Waals surface area contributed by atoms with Gasteiger partial charge in [-0.3, -0.25) is 9.59 Å². The van der Waals surface area contributed by atoms with Gasteiger partial charge in [0, 0.05) is 35.8 Å². The van der Waals surface area contributed by atoms with Crippen LogP contribution in [0.5, 0.6) is 11.5 Å². The summed E-state index contributed by atoms with van der Waals surface area (Å²) >= 11 is 0. The molecule has 1 saturated heterocycles. The number of likely N-dealkylation sites (tertiary alicyclic amines) is 1. The second kappa shape index (κ2) is 8.99. The van der Waals surface area contributed by atoms with Crippen LogP contribution in [0.4, 0.5) is 0 Å². The van der Waals surface area contributed by atoms with Crippen LogP contribution in [-0.2, 0) is 9.59 Å². The number of rotatable bonds is 7. The molecule has 1 aliphatic heterocycles. The summed E-state index contributed by atoms with van der Waals surface area (Å²) in [6.07, 6.45) is 1.79. The third kappa shape index (κ3) is 3.93. The molecule has 2 aromatic carbocycles. The second-order valence-corrected chi connectivity index (χ2v) is 8.15. The molecule has 1 amide bonds. The number of amides is 1. The van der Waals surface area contributed by atoms with E-state index in [9.17, 15) is 14.7 Å². The second-order valence-electron chi connectivity index (χ2n) is 8.15. The zero-order chi connectivity index (χ0) is 23.7. The van der Waals surface area contributed by atoms with Crippen LogP contribution >= 0.6 is 0 Å². The molecule has 1 aliphatic rings. The van der Waals surface area contributed by atoms with Gasteiger partial charge in [0.05, 0.1) is 31.4 Å². The van der Waals surface area contributed by atoms with Gasteiger partial charge in [-0.05, 0) is 38.4 Å². The fourth-order valence-corrected chi connectivity index (χ4v) is 4.21. The first-order chi connectivity index (χ1) is 15.9. The molecule has 2 heterocycles. The van der Waals surface area contributed by atoms with Gasteiger partial charge in [0.1, 0.15) is 17.3 Å². The normalized spacial score (nSPS) is 17.8. The molecular weight excluding hydrogens is 422 g/mol. The van der Waals surface area contributed by atoms with Crippen LogP contribution in [0.2, 0.25) is 0 Å². The van der Waals surface area contributed by atoms with Gasteiger partial charge in [-0.2, -0.15) is 0 Å². The molecule has 0 saturated carbocycles. The number of nitrogens with zero attached hydrogens (tertiary/aromatic N) is 2. The fourth-order valence-electron chi connectivity index (χ4n) is 4.21. The zero-order valence-corrected chi connectivity index (χ0v) is 19.1. The number of carbonyl (C=O) groups excluding carboxylic acids is 2. The highest BCUT2D eigenvalue weighted by Crippen LogP contribution is 2.43. The van der Waals surface area contributed by atoms with Crippen molar-refractivity contribution in [2.24, 2.45) is 0 Å². The number of H-pyrrole nitrogens is 1. The number of carbonyl (C=O) groups is 2. The van der Waals surface area contributed by atoms with Gasteiger partial charge in [0.15, 0.2) is 0 Å². The predicted octanol–water partition coefficient (Wildman–Crippen LogP) is 3.17. The Morgan fingerprint density at radius 1 is 1.12 bits per heavy atom. The van der Waals surface area contributed by atoms with Crippen LogP contribution in [0, 0.1) is 0 Å². The smallest absolute Gasteiger partial charge is 0.295 e. The van der Waals surface area contributed by atoms with E-state index in [1.807, 2.05) is 43.3 Å². The number of aliphatic hydroxyl groups is 1. The number of hydrogen-bond acceptors (Lipinski definition) is 6. The lowest BCUT2D eigenvalue weighted by Gasteiger charge is -2.26. The maximum absolute atomic E-state index is 13.3. The number of benzene rings is 2. The topological polar surface area (TPSA) is 95.1 Å². The number of likely N-dealkylation sites (N-methyl/N-ethyl adjacent to an activating group) is 1. The first-order valence-corrected chi connectivity index (χ1v) is 10.6. The lowest BCUT2D eigenvalue weighted by Crippen LogP contribution is -2.35. The average molecular weight is 450 g/mol. The number of ketones is 1. The van der Waals surface area contributed by atoms with Crippen LogP contribution in [-0.4, -0.2) is 73.0 Å². The van der Waals surface area contributed by atoms with E-state index in [-0.39, 0.29) is 16.9 Å². The molecule has 3 aromatic rings. The number of aromatic nitrogens is 1. The SMILES string of the molecule is COc1ccc(OC)c(/C(O)=C2\C(=O)C(=O)N(CCN(C)C)C2c2c[nH]c3ccccc23)c1. The molecule has 2 N–H and O–H groups in total. The fraction of sp³-hybridized carbons (Fsp3) is 0.280. The summed E-state index contributed by atoms with van der Waals surface area (Å²) in [5, 5.41) is 12.3. The van der Waals surface area contributed by atoms with Crippen LogP contribution in [0.15, 0.2) is 54.2 Å². The number of hydrogen-bond donors (Lipinski definition) is 2. The maximum Gasteiger partial charge on any atom is 0.295 e. The van der Waals surface area contributed by atoms with Crippen molar-refractivity contribution in [1.29, 1.82) is 0 Å². The van der Waals surface area contributed by atoms with E-state index in [1.165, 1.54) is 19.1 Å². The third-order valence-electron chi connectivity index (χ3n) is 5.91. The maximum atomic E-state index is 13.3. The van der Waals surface area contributed by atoms with Crippen molar-refractivity contribution in [3.63, 3.8) is 0 Å². The largest absolute Gasteiger partial charge is 0.507 e. The third-order valence-corrected chi connectivity index (χ3v) is 5.91. The summed E-state index contributed by atoms with van der Waals surface area (Å²) in [4.78, 5) is 33.1. The van der Waals surface area contributed by atoms with Gasteiger partial charge in [-0.25, -0.2) is 0 Å². The molecule has 1 atom stereocenters. The van der Waals surface area contributed by atoms with Gasteiger partial charge in [0.25, 0.3) is 11.7 Å². The molecule has 0 aliphatic carbocycles. The minimum atomic E-state index is -0.753. The van der Waals surface area contributed by atoms with Gasteiger partial charge in [-0.1, -0.05) is 18.2 Å². The van der Waals surface area contributed by atoms with Crippen LogP contribution in [0.25, 0.3) is 16.7 Å². The van der Waals surface area contributed by atoms with Crippen molar-refractivity contribution >= 4 is 28.4 Å². The highest BCUT2D eigenvalue weighted by atomic mass is 16.5. The van der Waals surface area contributed by atoms with Crippen molar-refractivity contribution in [2.45, 2.75) is 6.04 Å². The number of para-hydroxylation sites is 1. The summed E-state index contributed by atoms with van der Waals surface area (Å²) in [6, 6.07) is 11.8. The summed E-state index contributed by atoms with van der Waals surface area (Å²) < 4.78 is 10.7. The molecule has 0 spiro atoms. The Morgan fingerprint density at radius 3 is 2.58 bits per heavy atom. The molecule has 1 fully saturated rings. The molecule has 4 rings (SSSR count). The van der Waals surface area contributed by atoms with Crippen molar-refractivity contribution in [3.8, 4) is 11.5 Å².